The van der Waals surface area contributed by atoms with Crippen LogP contribution >= 0.6 is 12.6 Å². The average molecular weight is 260 g/mol. The molecule has 1 fully saturated rings. The highest BCUT2D eigenvalue weighted by atomic mass is 32.1. The molecule has 4 atom stereocenters. The summed E-state index contributed by atoms with van der Waals surface area (Å²) in [5.41, 5.74) is -1.16. The van der Waals surface area contributed by atoms with Crippen molar-refractivity contribution >= 4 is 12.6 Å². The normalized spacial score (nSPS) is 32.9. The Morgan fingerprint density at radius 1 is 1.53 bits per heavy atom. The lowest BCUT2D eigenvalue weighted by molar-refractivity contribution is -0.0457. The number of hydrogen-bond donors (Lipinski definition) is 4. The van der Waals surface area contributed by atoms with Gasteiger partial charge in [-0.25, -0.2) is 4.79 Å². The molecule has 7 nitrogen and oxygen atoms in total. The van der Waals surface area contributed by atoms with Crippen LogP contribution in [0.4, 0.5) is 0 Å². The number of nitrogens with zero attached hydrogens (tertiary/aromatic N) is 1. The maximum atomic E-state index is 11.5. The first kappa shape index (κ1) is 12.4. The van der Waals surface area contributed by atoms with Crippen molar-refractivity contribution in [3.63, 3.8) is 0 Å². The SMILES string of the molecule is O=c1ccn([C@@H]2O[C@H](CO)[C@@H](O)[C@H]2S)c(=O)[nH]1. The summed E-state index contributed by atoms with van der Waals surface area (Å²) in [4.78, 5) is 24.5. The van der Waals surface area contributed by atoms with Gasteiger partial charge in [-0.3, -0.25) is 14.3 Å². The molecule has 1 aliphatic rings. The Balaban J connectivity index is 2.35. The molecular formula is C9H12N2O5S. The minimum Gasteiger partial charge on any atom is -0.394 e. The lowest BCUT2D eigenvalue weighted by Gasteiger charge is -2.16. The number of H-pyrrole nitrogens is 1. The average Bonchev–Trinajstić information content (AvgIpc) is 2.57. The molecule has 1 aromatic heterocycles. The quantitative estimate of drug-likeness (QED) is 0.464. The fraction of sp³-hybridized carbons (Fsp3) is 0.556. The molecule has 0 saturated carbocycles. The molecule has 0 aliphatic carbocycles. The number of hydrogen-bond acceptors (Lipinski definition) is 6. The molecule has 1 aliphatic heterocycles. The highest BCUT2D eigenvalue weighted by Gasteiger charge is 2.42. The largest absolute Gasteiger partial charge is 0.394 e. The van der Waals surface area contributed by atoms with E-state index < -0.39 is 34.9 Å². The summed E-state index contributed by atoms with van der Waals surface area (Å²) in [6, 6.07) is 1.17. The van der Waals surface area contributed by atoms with Crippen LogP contribution in [-0.2, 0) is 4.74 Å². The maximum absolute atomic E-state index is 11.5. The summed E-state index contributed by atoms with van der Waals surface area (Å²) in [6.45, 7) is -0.368. The molecule has 2 heterocycles. The smallest absolute Gasteiger partial charge is 0.330 e. The predicted octanol–water partition coefficient (Wildman–Crippen LogP) is -1.91. The number of nitrogens with one attached hydrogen (secondary N) is 1. The highest BCUT2D eigenvalue weighted by Crippen LogP contribution is 2.31. The van der Waals surface area contributed by atoms with E-state index >= 15 is 0 Å². The zero-order valence-electron chi connectivity index (χ0n) is 8.68. The Hall–Kier alpha value is -1.09. The molecule has 2 rings (SSSR count). The first-order chi connectivity index (χ1) is 8.04. The summed E-state index contributed by atoms with van der Waals surface area (Å²) in [5.74, 6) is 0. The van der Waals surface area contributed by atoms with Crippen LogP contribution in [0.3, 0.4) is 0 Å². The van der Waals surface area contributed by atoms with Crippen molar-refractivity contribution < 1.29 is 14.9 Å². The van der Waals surface area contributed by atoms with Gasteiger partial charge in [-0.15, -0.1) is 0 Å². The van der Waals surface area contributed by atoms with Crippen LogP contribution in [-0.4, -0.2) is 43.8 Å². The van der Waals surface area contributed by atoms with Crippen molar-refractivity contribution in [2.24, 2.45) is 0 Å². The second kappa shape index (κ2) is 4.65. The van der Waals surface area contributed by atoms with E-state index in [1.165, 1.54) is 12.3 Å². The number of aliphatic hydroxyl groups is 2. The Morgan fingerprint density at radius 3 is 2.76 bits per heavy atom. The molecule has 94 valence electrons. The van der Waals surface area contributed by atoms with E-state index in [0.29, 0.717) is 0 Å². The van der Waals surface area contributed by atoms with Crippen molar-refractivity contribution in [1.29, 1.82) is 0 Å². The standard InChI is InChI=1S/C9H12N2O5S/c12-3-4-6(14)7(17)8(16-4)11-2-1-5(13)10-9(11)15/h1-2,4,6-8,12,14,17H,3H2,(H,10,13,15)/t4-,6-,7-,8-/m1/s1. The second-order valence-corrected chi connectivity index (χ2v) is 4.34. The van der Waals surface area contributed by atoms with Gasteiger partial charge in [0.1, 0.15) is 6.10 Å². The molecular weight excluding hydrogens is 248 g/mol. The summed E-state index contributed by atoms with van der Waals surface area (Å²) in [6.07, 6.45) is -1.33. The first-order valence-electron chi connectivity index (χ1n) is 4.98. The van der Waals surface area contributed by atoms with E-state index in [-0.39, 0.29) is 6.61 Å². The van der Waals surface area contributed by atoms with E-state index in [4.69, 9.17) is 9.84 Å². The van der Waals surface area contributed by atoms with Gasteiger partial charge < -0.3 is 14.9 Å². The topological polar surface area (TPSA) is 105 Å². The van der Waals surface area contributed by atoms with E-state index in [1.54, 1.807) is 0 Å². The summed E-state index contributed by atoms with van der Waals surface area (Å²) < 4.78 is 6.43. The third-order valence-electron chi connectivity index (χ3n) is 2.64. The van der Waals surface area contributed by atoms with Gasteiger partial charge in [-0.05, 0) is 0 Å². The van der Waals surface area contributed by atoms with Crippen LogP contribution < -0.4 is 11.2 Å². The fourth-order valence-electron chi connectivity index (χ4n) is 1.74. The number of aromatic amines is 1. The third-order valence-corrected chi connectivity index (χ3v) is 3.20. The van der Waals surface area contributed by atoms with Crippen LogP contribution in [0.25, 0.3) is 0 Å². The van der Waals surface area contributed by atoms with Gasteiger partial charge in [-0.1, -0.05) is 0 Å². The molecule has 1 aromatic rings. The van der Waals surface area contributed by atoms with E-state index in [0.717, 1.165) is 4.57 Å². The highest BCUT2D eigenvalue weighted by molar-refractivity contribution is 7.81. The zero-order valence-corrected chi connectivity index (χ0v) is 9.58. The minimum atomic E-state index is -0.979. The predicted molar refractivity (Wildman–Crippen MR) is 61.1 cm³/mol. The Labute approximate surface area is 101 Å². The van der Waals surface area contributed by atoms with Crippen molar-refractivity contribution in [3.8, 4) is 0 Å². The van der Waals surface area contributed by atoms with Crippen molar-refractivity contribution in [3.05, 3.63) is 33.1 Å². The van der Waals surface area contributed by atoms with Crippen molar-refractivity contribution in [2.45, 2.75) is 23.7 Å². The molecule has 1 saturated heterocycles. The van der Waals surface area contributed by atoms with Gasteiger partial charge in [0.2, 0.25) is 0 Å². The molecule has 17 heavy (non-hydrogen) atoms. The van der Waals surface area contributed by atoms with Crippen LogP contribution in [0, 0.1) is 0 Å². The van der Waals surface area contributed by atoms with Crippen LogP contribution in [0.15, 0.2) is 21.9 Å². The Morgan fingerprint density at radius 2 is 2.24 bits per heavy atom. The van der Waals surface area contributed by atoms with Crippen molar-refractivity contribution in [2.75, 3.05) is 6.61 Å². The molecule has 0 unspecified atom stereocenters. The lowest BCUT2D eigenvalue weighted by atomic mass is 10.2. The minimum absolute atomic E-state index is 0.368. The first-order valence-corrected chi connectivity index (χ1v) is 5.50. The summed E-state index contributed by atoms with van der Waals surface area (Å²) in [5, 5.41) is 18.0. The van der Waals surface area contributed by atoms with Crippen molar-refractivity contribution in [1.82, 2.24) is 9.55 Å². The van der Waals surface area contributed by atoms with Gasteiger partial charge in [0.05, 0.1) is 18.0 Å². The molecule has 3 N–H and O–H groups in total. The van der Waals surface area contributed by atoms with E-state index in [9.17, 15) is 14.7 Å². The summed E-state index contributed by atoms with van der Waals surface area (Å²) in [7, 11) is 0. The zero-order chi connectivity index (χ0) is 12.6. The number of aliphatic hydroxyl groups excluding tert-OH is 2. The Bertz CT molecular complexity index is 513. The number of thiol groups is 1. The fourth-order valence-corrected chi connectivity index (χ4v) is 2.14. The molecule has 0 bridgehead atoms. The molecule has 0 radical (unpaired) electrons. The monoisotopic (exact) mass is 260 g/mol. The Kier molecular flexibility index (Phi) is 3.38. The van der Waals surface area contributed by atoms with Crippen LogP contribution in [0.2, 0.25) is 0 Å². The number of aromatic nitrogens is 2. The molecule has 0 aromatic carbocycles. The van der Waals surface area contributed by atoms with Gasteiger partial charge in [0.15, 0.2) is 6.23 Å². The van der Waals surface area contributed by atoms with Gasteiger partial charge in [0.25, 0.3) is 5.56 Å². The molecule has 8 heteroatoms. The number of ether oxygens (including phenoxy) is 1. The lowest BCUT2D eigenvalue weighted by Crippen LogP contribution is -2.35. The third kappa shape index (κ3) is 2.16. The number of rotatable bonds is 2. The van der Waals surface area contributed by atoms with Gasteiger partial charge in [-0.2, -0.15) is 12.6 Å². The maximum Gasteiger partial charge on any atom is 0.330 e. The molecule has 0 spiro atoms. The van der Waals surface area contributed by atoms with Gasteiger partial charge >= 0.3 is 5.69 Å². The second-order valence-electron chi connectivity index (χ2n) is 3.75. The van der Waals surface area contributed by atoms with E-state index in [2.05, 4.69) is 17.6 Å². The van der Waals surface area contributed by atoms with Gasteiger partial charge in [0, 0.05) is 12.3 Å². The van der Waals surface area contributed by atoms with E-state index in [1.807, 2.05) is 0 Å². The summed E-state index contributed by atoms with van der Waals surface area (Å²) >= 11 is 4.14. The molecule has 0 amide bonds. The van der Waals surface area contributed by atoms with Crippen LogP contribution in [0.1, 0.15) is 6.23 Å². The van der Waals surface area contributed by atoms with Crippen LogP contribution in [0.5, 0.6) is 0 Å².